The van der Waals surface area contributed by atoms with Gasteiger partial charge in [-0.05, 0) is 38.0 Å². The van der Waals surface area contributed by atoms with Gasteiger partial charge in [0.05, 0.1) is 0 Å². The van der Waals surface area contributed by atoms with E-state index < -0.39 is 0 Å². The first-order chi connectivity index (χ1) is 8.16. The lowest BCUT2D eigenvalue weighted by molar-refractivity contribution is -0.134. The third-order valence-corrected chi connectivity index (χ3v) is 4.46. The summed E-state index contributed by atoms with van der Waals surface area (Å²) in [7, 11) is 1.97. The van der Waals surface area contributed by atoms with Crippen molar-refractivity contribution >= 4 is 18.3 Å². The zero-order valence-corrected chi connectivity index (χ0v) is 12.3. The van der Waals surface area contributed by atoms with Crippen molar-refractivity contribution in [1.29, 1.82) is 0 Å². The molecule has 2 N–H and O–H groups in total. The zero-order valence-electron chi connectivity index (χ0n) is 11.4. The highest BCUT2D eigenvalue weighted by Gasteiger charge is 2.30. The van der Waals surface area contributed by atoms with Crippen molar-refractivity contribution < 1.29 is 4.79 Å². The second-order valence-corrected chi connectivity index (χ2v) is 5.99. The van der Waals surface area contributed by atoms with Crippen molar-refractivity contribution in [1.82, 2.24) is 4.90 Å². The van der Waals surface area contributed by atoms with Crippen molar-refractivity contribution in [2.45, 2.75) is 57.4 Å². The molecule has 2 aliphatic carbocycles. The van der Waals surface area contributed by atoms with E-state index in [9.17, 15) is 4.79 Å². The number of amides is 1. The summed E-state index contributed by atoms with van der Waals surface area (Å²) in [6.07, 6.45) is 9.60. The summed E-state index contributed by atoms with van der Waals surface area (Å²) < 4.78 is 0. The molecule has 0 spiro atoms. The highest BCUT2D eigenvalue weighted by Crippen LogP contribution is 2.28. The van der Waals surface area contributed by atoms with E-state index in [4.69, 9.17) is 5.73 Å². The molecule has 0 aliphatic heterocycles. The first-order valence-electron chi connectivity index (χ1n) is 7.17. The van der Waals surface area contributed by atoms with Crippen LogP contribution in [-0.2, 0) is 4.79 Å². The lowest BCUT2D eigenvalue weighted by Gasteiger charge is -2.28. The van der Waals surface area contributed by atoms with Crippen LogP contribution in [0.4, 0.5) is 0 Å². The SMILES string of the molecule is CN(CC1CCCCC1)C(=O)C1CCC(N)C1.Cl. The molecule has 2 rings (SSSR count). The Labute approximate surface area is 117 Å². The molecule has 2 aliphatic rings. The van der Waals surface area contributed by atoms with Crippen LogP contribution in [0.25, 0.3) is 0 Å². The summed E-state index contributed by atoms with van der Waals surface area (Å²) in [4.78, 5) is 14.2. The zero-order chi connectivity index (χ0) is 12.3. The second kappa shape index (κ2) is 7.34. The van der Waals surface area contributed by atoms with E-state index in [0.29, 0.717) is 5.91 Å². The van der Waals surface area contributed by atoms with Gasteiger partial charge in [0.2, 0.25) is 5.91 Å². The van der Waals surface area contributed by atoms with Gasteiger partial charge in [-0.2, -0.15) is 0 Å². The van der Waals surface area contributed by atoms with Gasteiger partial charge in [-0.3, -0.25) is 4.79 Å². The highest BCUT2D eigenvalue weighted by atomic mass is 35.5. The van der Waals surface area contributed by atoms with E-state index in [0.717, 1.165) is 31.7 Å². The predicted octanol–water partition coefficient (Wildman–Crippen LogP) is 2.57. The number of hydrogen-bond acceptors (Lipinski definition) is 2. The standard InChI is InChI=1S/C14H26N2O.ClH/c1-16(10-11-5-3-2-4-6-11)14(17)12-7-8-13(15)9-12;/h11-13H,2-10,15H2,1H3;1H. The van der Waals surface area contributed by atoms with Crippen LogP contribution < -0.4 is 5.73 Å². The first-order valence-corrected chi connectivity index (χ1v) is 7.17. The molecule has 106 valence electrons. The van der Waals surface area contributed by atoms with Crippen molar-refractivity contribution in [3.63, 3.8) is 0 Å². The Hall–Kier alpha value is -0.280. The molecule has 2 saturated carbocycles. The minimum absolute atomic E-state index is 0. The summed E-state index contributed by atoms with van der Waals surface area (Å²) in [5, 5.41) is 0. The molecule has 3 nitrogen and oxygen atoms in total. The van der Waals surface area contributed by atoms with Gasteiger partial charge < -0.3 is 10.6 Å². The topological polar surface area (TPSA) is 46.3 Å². The molecule has 0 aromatic rings. The number of rotatable bonds is 3. The van der Waals surface area contributed by atoms with E-state index in [2.05, 4.69) is 0 Å². The molecule has 0 radical (unpaired) electrons. The van der Waals surface area contributed by atoms with Gasteiger partial charge in [0.15, 0.2) is 0 Å². The van der Waals surface area contributed by atoms with Crippen LogP contribution in [-0.4, -0.2) is 30.4 Å². The van der Waals surface area contributed by atoms with Gasteiger partial charge in [-0.15, -0.1) is 12.4 Å². The monoisotopic (exact) mass is 274 g/mol. The van der Waals surface area contributed by atoms with Crippen LogP contribution in [0.15, 0.2) is 0 Å². The second-order valence-electron chi connectivity index (χ2n) is 5.99. The summed E-state index contributed by atoms with van der Waals surface area (Å²) in [6.45, 7) is 0.963. The lowest BCUT2D eigenvalue weighted by atomic mass is 9.89. The van der Waals surface area contributed by atoms with E-state index >= 15 is 0 Å². The summed E-state index contributed by atoms with van der Waals surface area (Å²) in [6, 6.07) is 0.257. The highest BCUT2D eigenvalue weighted by molar-refractivity contribution is 5.85. The van der Waals surface area contributed by atoms with Crippen molar-refractivity contribution in [2.75, 3.05) is 13.6 Å². The molecule has 0 heterocycles. The Bertz CT molecular complexity index is 267. The quantitative estimate of drug-likeness (QED) is 0.860. The molecule has 0 aromatic carbocycles. The van der Waals surface area contributed by atoms with Gasteiger partial charge in [0.1, 0.15) is 0 Å². The van der Waals surface area contributed by atoms with Gasteiger partial charge in [0, 0.05) is 25.6 Å². The Morgan fingerprint density at radius 1 is 1.17 bits per heavy atom. The van der Waals surface area contributed by atoms with Gasteiger partial charge in [-0.1, -0.05) is 19.3 Å². The Morgan fingerprint density at radius 3 is 2.39 bits per heavy atom. The molecule has 2 atom stereocenters. The molecule has 4 heteroatoms. The fourth-order valence-corrected chi connectivity index (χ4v) is 3.40. The number of carbonyl (C=O) groups excluding carboxylic acids is 1. The molecule has 0 saturated heterocycles. The van der Waals surface area contributed by atoms with Gasteiger partial charge in [0.25, 0.3) is 0 Å². The normalized spacial score (nSPS) is 28.8. The third-order valence-electron chi connectivity index (χ3n) is 4.46. The Balaban J connectivity index is 0.00000162. The predicted molar refractivity (Wildman–Crippen MR) is 76.8 cm³/mol. The van der Waals surface area contributed by atoms with Gasteiger partial charge >= 0.3 is 0 Å². The largest absolute Gasteiger partial charge is 0.345 e. The fraction of sp³-hybridized carbons (Fsp3) is 0.929. The Kier molecular flexibility index (Phi) is 6.44. The number of nitrogens with two attached hydrogens (primary N) is 1. The number of halogens is 1. The number of carbonyl (C=O) groups is 1. The van der Waals surface area contributed by atoms with E-state index in [1.54, 1.807) is 0 Å². The molecular weight excluding hydrogens is 248 g/mol. The van der Waals surface area contributed by atoms with Crippen molar-refractivity contribution in [2.24, 2.45) is 17.6 Å². The van der Waals surface area contributed by atoms with Crippen molar-refractivity contribution in [3.05, 3.63) is 0 Å². The molecule has 0 bridgehead atoms. The number of nitrogens with zero attached hydrogens (tertiary/aromatic N) is 1. The molecule has 18 heavy (non-hydrogen) atoms. The maximum Gasteiger partial charge on any atom is 0.225 e. The van der Waals surface area contributed by atoms with Gasteiger partial charge in [-0.25, -0.2) is 0 Å². The third kappa shape index (κ3) is 4.13. The van der Waals surface area contributed by atoms with Crippen LogP contribution in [0.5, 0.6) is 0 Å². The van der Waals surface area contributed by atoms with Crippen LogP contribution in [0, 0.1) is 11.8 Å². The van der Waals surface area contributed by atoms with E-state index in [-0.39, 0.29) is 24.4 Å². The Morgan fingerprint density at radius 2 is 1.83 bits per heavy atom. The average Bonchev–Trinajstić information content (AvgIpc) is 2.76. The molecule has 2 fully saturated rings. The number of hydrogen-bond donors (Lipinski definition) is 1. The minimum atomic E-state index is 0. The maximum atomic E-state index is 12.2. The fourth-order valence-electron chi connectivity index (χ4n) is 3.40. The maximum absolute atomic E-state index is 12.2. The average molecular weight is 275 g/mol. The summed E-state index contributed by atoms with van der Waals surface area (Å²) >= 11 is 0. The molecular formula is C14H27ClN2O. The first kappa shape index (κ1) is 15.8. The van der Waals surface area contributed by atoms with Crippen molar-refractivity contribution in [3.8, 4) is 0 Å². The van der Waals surface area contributed by atoms with E-state index in [1.807, 2.05) is 11.9 Å². The minimum Gasteiger partial charge on any atom is -0.345 e. The smallest absolute Gasteiger partial charge is 0.225 e. The summed E-state index contributed by atoms with van der Waals surface area (Å²) in [5.41, 5.74) is 5.88. The van der Waals surface area contributed by atoms with E-state index in [1.165, 1.54) is 32.1 Å². The van der Waals surface area contributed by atoms with Crippen LogP contribution in [0.3, 0.4) is 0 Å². The van der Waals surface area contributed by atoms with Crippen LogP contribution >= 0.6 is 12.4 Å². The summed E-state index contributed by atoms with van der Waals surface area (Å²) in [5.74, 6) is 1.29. The molecule has 2 unspecified atom stereocenters. The molecule has 0 aromatic heterocycles. The van der Waals surface area contributed by atoms with Crippen LogP contribution in [0.2, 0.25) is 0 Å². The van der Waals surface area contributed by atoms with Crippen LogP contribution in [0.1, 0.15) is 51.4 Å². The lowest BCUT2D eigenvalue weighted by Crippen LogP contribution is -2.36. The molecule has 1 amide bonds.